The van der Waals surface area contributed by atoms with Gasteiger partial charge in [0.25, 0.3) is 5.56 Å². The summed E-state index contributed by atoms with van der Waals surface area (Å²) < 4.78 is 1.48. The number of aromatic nitrogens is 1. The van der Waals surface area contributed by atoms with Gasteiger partial charge in [0.15, 0.2) is 0 Å². The van der Waals surface area contributed by atoms with Crippen LogP contribution in [0.25, 0.3) is 0 Å². The van der Waals surface area contributed by atoms with Crippen molar-refractivity contribution in [2.75, 3.05) is 0 Å². The summed E-state index contributed by atoms with van der Waals surface area (Å²) in [7, 11) is 0. The zero-order valence-electron chi connectivity index (χ0n) is 8.29. The summed E-state index contributed by atoms with van der Waals surface area (Å²) in [6.07, 6.45) is 1.64. The third kappa shape index (κ3) is 2.04. The van der Waals surface area contributed by atoms with Gasteiger partial charge in [0.05, 0.1) is 6.54 Å². The van der Waals surface area contributed by atoms with E-state index in [4.69, 9.17) is 5.11 Å². The van der Waals surface area contributed by atoms with Gasteiger partial charge in [0.1, 0.15) is 4.88 Å². The van der Waals surface area contributed by atoms with Crippen molar-refractivity contribution < 1.29 is 9.90 Å². The molecule has 82 valence electrons. The number of rotatable bonds is 3. The van der Waals surface area contributed by atoms with Crippen molar-refractivity contribution in [3.05, 3.63) is 56.6 Å². The highest BCUT2D eigenvalue weighted by molar-refractivity contribution is 7.12. The van der Waals surface area contributed by atoms with Gasteiger partial charge < -0.3 is 9.67 Å². The van der Waals surface area contributed by atoms with Gasteiger partial charge in [-0.1, -0.05) is 6.07 Å². The van der Waals surface area contributed by atoms with Gasteiger partial charge in [0.2, 0.25) is 0 Å². The molecule has 0 aliphatic heterocycles. The first-order valence-corrected chi connectivity index (χ1v) is 5.51. The highest BCUT2D eigenvalue weighted by Gasteiger charge is 2.11. The van der Waals surface area contributed by atoms with E-state index in [1.54, 1.807) is 29.8 Å². The summed E-state index contributed by atoms with van der Waals surface area (Å²) in [6.45, 7) is 0.296. The second kappa shape index (κ2) is 4.32. The van der Waals surface area contributed by atoms with E-state index >= 15 is 0 Å². The molecule has 2 heterocycles. The second-order valence-electron chi connectivity index (χ2n) is 3.25. The molecule has 0 radical (unpaired) electrons. The molecule has 0 spiro atoms. The van der Waals surface area contributed by atoms with Crippen molar-refractivity contribution in [1.29, 1.82) is 0 Å². The Hall–Kier alpha value is -1.88. The van der Waals surface area contributed by atoms with Crippen molar-refractivity contribution in [1.82, 2.24) is 4.57 Å². The zero-order chi connectivity index (χ0) is 11.5. The maximum absolute atomic E-state index is 11.4. The highest BCUT2D eigenvalue weighted by Crippen LogP contribution is 2.17. The van der Waals surface area contributed by atoms with Gasteiger partial charge in [-0.15, -0.1) is 11.3 Å². The Balaban J connectivity index is 2.35. The van der Waals surface area contributed by atoms with E-state index in [1.807, 2.05) is 0 Å². The lowest BCUT2D eigenvalue weighted by Gasteiger charge is -2.03. The number of hydrogen-bond donors (Lipinski definition) is 1. The molecule has 0 aliphatic rings. The van der Waals surface area contributed by atoms with E-state index < -0.39 is 5.97 Å². The fourth-order valence-corrected chi connectivity index (χ4v) is 2.18. The van der Waals surface area contributed by atoms with Gasteiger partial charge in [-0.25, -0.2) is 4.79 Å². The Morgan fingerprint density at radius 2 is 2.19 bits per heavy atom. The Labute approximate surface area is 95.4 Å². The lowest BCUT2D eigenvalue weighted by molar-refractivity contribution is 0.0701. The molecule has 16 heavy (non-hydrogen) atoms. The van der Waals surface area contributed by atoms with Gasteiger partial charge in [0, 0.05) is 12.3 Å². The van der Waals surface area contributed by atoms with E-state index in [-0.39, 0.29) is 10.4 Å². The minimum absolute atomic E-state index is 0.134. The van der Waals surface area contributed by atoms with E-state index in [0.29, 0.717) is 12.1 Å². The number of pyridine rings is 1. The number of hydrogen-bond acceptors (Lipinski definition) is 3. The molecular weight excluding hydrogens is 226 g/mol. The van der Waals surface area contributed by atoms with Crippen molar-refractivity contribution in [3.8, 4) is 0 Å². The van der Waals surface area contributed by atoms with Crippen LogP contribution in [-0.2, 0) is 6.54 Å². The number of nitrogens with zero attached hydrogens (tertiary/aromatic N) is 1. The summed E-state index contributed by atoms with van der Waals surface area (Å²) in [5.74, 6) is -0.950. The van der Waals surface area contributed by atoms with Crippen LogP contribution in [0.1, 0.15) is 15.2 Å². The fourth-order valence-electron chi connectivity index (χ4n) is 1.42. The third-order valence-corrected chi connectivity index (χ3v) is 3.13. The van der Waals surface area contributed by atoms with Gasteiger partial charge in [-0.2, -0.15) is 0 Å². The maximum Gasteiger partial charge on any atom is 0.346 e. The predicted molar refractivity (Wildman–Crippen MR) is 61.1 cm³/mol. The Kier molecular flexibility index (Phi) is 2.87. The SMILES string of the molecule is O=C(O)c1sccc1Cn1ccccc1=O. The van der Waals surface area contributed by atoms with E-state index in [2.05, 4.69) is 0 Å². The van der Waals surface area contributed by atoms with Crippen LogP contribution >= 0.6 is 11.3 Å². The summed E-state index contributed by atoms with van der Waals surface area (Å²) in [5.41, 5.74) is 0.524. The molecule has 5 heteroatoms. The monoisotopic (exact) mass is 235 g/mol. The summed E-state index contributed by atoms with van der Waals surface area (Å²) in [6, 6.07) is 6.58. The first kappa shape index (κ1) is 10.6. The molecular formula is C11H9NO3S. The molecule has 2 aromatic heterocycles. The van der Waals surface area contributed by atoms with Gasteiger partial charge >= 0.3 is 5.97 Å². The first-order chi connectivity index (χ1) is 7.68. The van der Waals surface area contributed by atoms with E-state index in [0.717, 1.165) is 0 Å². The van der Waals surface area contributed by atoms with Gasteiger partial charge in [-0.3, -0.25) is 4.79 Å². The van der Waals surface area contributed by atoms with E-state index in [9.17, 15) is 9.59 Å². The number of carbonyl (C=O) groups is 1. The molecule has 4 nitrogen and oxygen atoms in total. The molecule has 0 fully saturated rings. The van der Waals surface area contributed by atoms with E-state index in [1.165, 1.54) is 22.0 Å². The molecule has 0 aromatic carbocycles. The minimum Gasteiger partial charge on any atom is -0.477 e. The molecule has 2 aromatic rings. The number of thiophene rings is 1. The molecule has 0 amide bonds. The van der Waals surface area contributed by atoms with Crippen molar-refractivity contribution in [2.24, 2.45) is 0 Å². The smallest absolute Gasteiger partial charge is 0.346 e. The average molecular weight is 235 g/mol. The molecule has 2 rings (SSSR count). The van der Waals surface area contributed by atoms with Crippen molar-refractivity contribution in [3.63, 3.8) is 0 Å². The highest BCUT2D eigenvalue weighted by atomic mass is 32.1. The van der Waals surface area contributed by atoms with Crippen LogP contribution in [0.2, 0.25) is 0 Å². The molecule has 0 unspecified atom stereocenters. The first-order valence-electron chi connectivity index (χ1n) is 4.63. The lowest BCUT2D eigenvalue weighted by Crippen LogP contribution is -2.18. The molecule has 0 saturated heterocycles. The van der Waals surface area contributed by atoms with Crippen LogP contribution in [0.5, 0.6) is 0 Å². The Morgan fingerprint density at radius 1 is 1.38 bits per heavy atom. The molecule has 0 bridgehead atoms. The van der Waals surface area contributed by atoms with Crippen LogP contribution in [0.3, 0.4) is 0 Å². The van der Waals surface area contributed by atoms with Crippen molar-refractivity contribution in [2.45, 2.75) is 6.54 Å². The van der Waals surface area contributed by atoms with Crippen LogP contribution in [0.15, 0.2) is 40.6 Å². The number of carboxylic acids is 1. The maximum atomic E-state index is 11.4. The van der Waals surface area contributed by atoms with Crippen LogP contribution in [0, 0.1) is 0 Å². The molecule has 1 N–H and O–H groups in total. The second-order valence-corrected chi connectivity index (χ2v) is 4.16. The molecule has 0 aliphatic carbocycles. The van der Waals surface area contributed by atoms with Crippen LogP contribution < -0.4 is 5.56 Å². The normalized spacial score (nSPS) is 10.2. The predicted octanol–water partition coefficient (Wildman–Crippen LogP) is 1.66. The number of carboxylic acid groups (broad SMARTS) is 1. The zero-order valence-corrected chi connectivity index (χ0v) is 9.11. The van der Waals surface area contributed by atoms with Crippen molar-refractivity contribution >= 4 is 17.3 Å². The van der Waals surface area contributed by atoms with Gasteiger partial charge in [-0.05, 0) is 23.1 Å². The van der Waals surface area contributed by atoms with Crippen LogP contribution in [0.4, 0.5) is 0 Å². The average Bonchev–Trinajstić information content (AvgIpc) is 2.69. The summed E-state index contributed by atoms with van der Waals surface area (Å²) in [4.78, 5) is 22.6. The number of aromatic carboxylic acids is 1. The summed E-state index contributed by atoms with van der Waals surface area (Å²) >= 11 is 1.17. The topological polar surface area (TPSA) is 59.3 Å². The largest absolute Gasteiger partial charge is 0.477 e. The third-order valence-electron chi connectivity index (χ3n) is 2.18. The summed E-state index contributed by atoms with van der Waals surface area (Å²) in [5, 5.41) is 10.6. The quantitative estimate of drug-likeness (QED) is 0.880. The Bertz CT molecular complexity index is 570. The van der Waals surface area contributed by atoms with Crippen LogP contribution in [-0.4, -0.2) is 15.6 Å². The molecule has 0 saturated carbocycles. The fraction of sp³-hybridized carbons (Fsp3) is 0.0909. The molecule has 0 atom stereocenters. The standard InChI is InChI=1S/C11H9NO3S/c13-9-3-1-2-5-12(9)7-8-4-6-16-10(8)11(14)15/h1-6H,7H2,(H,14,15). The lowest BCUT2D eigenvalue weighted by atomic mass is 10.2. The minimum atomic E-state index is -0.950. The Morgan fingerprint density at radius 3 is 2.88 bits per heavy atom.